The Morgan fingerprint density at radius 3 is 1.94 bits per heavy atom. The van der Waals surface area contributed by atoms with Gasteiger partial charge in [0.2, 0.25) is 0 Å². The zero-order chi connectivity index (χ0) is 12.6. The predicted octanol–water partition coefficient (Wildman–Crippen LogP) is 0.542. The van der Waals surface area contributed by atoms with Crippen LogP contribution in [0.3, 0.4) is 0 Å². The molecule has 0 spiro atoms. The number of anilines is 1. The summed E-state index contributed by atoms with van der Waals surface area (Å²) in [6.45, 7) is 2.86. The first-order chi connectivity index (χ1) is 7.49. The van der Waals surface area contributed by atoms with Gasteiger partial charge in [-0.2, -0.15) is 0 Å². The molecule has 0 unspecified atom stereocenters. The summed E-state index contributed by atoms with van der Waals surface area (Å²) in [4.78, 5) is 18.2. The van der Waals surface area contributed by atoms with Crippen LogP contribution < -0.4 is 10.9 Å². The Bertz CT molecular complexity index is 328. The third-order valence-corrected chi connectivity index (χ3v) is 1.61. The van der Waals surface area contributed by atoms with Crippen LogP contribution in [-0.4, -0.2) is 28.7 Å². The van der Waals surface area contributed by atoms with Crippen molar-refractivity contribution in [3.05, 3.63) is 30.3 Å². The summed E-state index contributed by atoms with van der Waals surface area (Å²) in [6, 6.07) is 9.91. The van der Waals surface area contributed by atoms with E-state index in [2.05, 4.69) is 0 Å². The number of hydrogen-bond acceptors (Lipinski definition) is 4. The number of nitrogens with zero attached hydrogens (tertiary/aromatic N) is 1. The van der Waals surface area contributed by atoms with Crippen LogP contribution in [0.5, 0.6) is 0 Å². The molecule has 6 heteroatoms. The van der Waals surface area contributed by atoms with E-state index in [-0.39, 0.29) is 0 Å². The standard InChI is InChI=1S/C8H12N2.C2H2O4/c1-2-10(9)8-6-4-3-5-7-8;3-1(4)2(5)6/h3-7H,2,9H2,1H3;(H,3,4)(H,5,6). The lowest BCUT2D eigenvalue weighted by molar-refractivity contribution is -0.159. The third kappa shape index (κ3) is 5.61. The van der Waals surface area contributed by atoms with Crippen molar-refractivity contribution in [1.29, 1.82) is 0 Å². The van der Waals surface area contributed by atoms with Crippen LogP contribution in [0.15, 0.2) is 30.3 Å². The highest BCUT2D eigenvalue weighted by Gasteiger charge is 2.04. The Morgan fingerprint density at radius 2 is 1.62 bits per heavy atom. The molecular formula is C10H14N2O4. The van der Waals surface area contributed by atoms with Gasteiger partial charge in [-0.15, -0.1) is 0 Å². The van der Waals surface area contributed by atoms with Gasteiger partial charge in [-0.1, -0.05) is 18.2 Å². The van der Waals surface area contributed by atoms with E-state index in [9.17, 15) is 0 Å². The van der Waals surface area contributed by atoms with Crippen LogP contribution in [0.1, 0.15) is 6.92 Å². The fourth-order valence-corrected chi connectivity index (χ4v) is 0.802. The maximum atomic E-state index is 9.10. The molecule has 0 radical (unpaired) electrons. The van der Waals surface area contributed by atoms with E-state index in [1.165, 1.54) is 0 Å². The summed E-state index contributed by atoms with van der Waals surface area (Å²) >= 11 is 0. The summed E-state index contributed by atoms with van der Waals surface area (Å²) in [5.74, 6) is 1.98. The minimum Gasteiger partial charge on any atom is -0.473 e. The molecule has 4 N–H and O–H groups in total. The van der Waals surface area contributed by atoms with Crippen molar-refractivity contribution in [3.63, 3.8) is 0 Å². The van der Waals surface area contributed by atoms with E-state index in [0.717, 1.165) is 12.2 Å². The highest BCUT2D eigenvalue weighted by Crippen LogP contribution is 2.07. The molecule has 88 valence electrons. The molecule has 0 heterocycles. The highest BCUT2D eigenvalue weighted by atomic mass is 16.4. The van der Waals surface area contributed by atoms with E-state index in [4.69, 9.17) is 25.6 Å². The molecule has 0 aliphatic heterocycles. The minimum atomic E-state index is -1.82. The molecule has 6 nitrogen and oxygen atoms in total. The summed E-state index contributed by atoms with van der Waals surface area (Å²) in [6.07, 6.45) is 0. The molecule has 0 fully saturated rings. The fraction of sp³-hybridized carbons (Fsp3) is 0.200. The number of hydrogen-bond donors (Lipinski definition) is 3. The molecule has 0 atom stereocenters. The average Bonchev–Trinajstić information content (AvgIpc) is 2.30. The molecule has 16 heavy (non-hydrogen) atoms. The van der Waals surface area contributed by atoms with Crippen LogP contribution in [0.2, 0.25) is 0 Å². The number of nitrogens with two attached hydrogens (primary N) is 1. The molecule has 1 aromatic rings. The molecule has 1 rings (SSSR count). The molecule has 0 saturated heterocycles. The van der Waals surface area contributed by atoms with Crippen LogP contribution >= 0.6 is 0 Å². The molecule has 0 aliphatic carbocycles. The first-order valence-corrected chi connectivity index (χ1v) is 4.52. The second kappa shape index (κ2) is 7.24. The number of rotatable bonds is 2. The number of benzene rings is 1. The van der Waals surface area contributed by atoms with Gasteiger partial charge in [0.1, 0.15) is 0 Å². The van der Waals surface area contributed by atoms with Crippen molar-refractivity contribution in [3.8, 4) is 0 Å². The second-order valence-corrected chi connectivity index (χ2v) is 2.73. The summed E-state index contributed by atoms with van der Waals surface area (Å²) in [7, 11) is 0. The summed E-state index contributed by atoms with van der Waals surface area (Å²) in [5, 5.41) is 16.5. The average molecular weight is 226 g/mol. The largest absolute Gasteiger partial charge is 0.473 e. The molecule has 0 amide bonds. The number of carboxylic acid groups (broad SMARTS) is 2. The minimum absolute atomic E-state index is 0.837. The van der Waals surface area contributed by atoms with Crippen molar-refractivity contribution in [2.75, 3.05) is 11.6 Å². The molecule has 0 aromatic heterocycles. The van der Waals surface area contributed by atoms with Crippen molar-refractivity contribution < 1.29 is 19.8 Å². The van der Waals surface area contributed by atoms with E-state index in [1.807, 2.05) is 37.3 Å². The topological polar surface area (TPSA) is 104 Å². The smallest absolute Gasteiger partial charge is 0.414 e. The van der Waals surface area contributed by atoms with E-state index in [0.29, 0.717) is 0 Å². The van der Waals surface area contributed by atoms with E-state index >= 15 is 0 Å². The summed E-state index contributed by atoms with van der Waals surface area (Å²) in [5.41, 5.74) is 1.06. The molecule has 0 bridgehead atoms. The predicted molar refractivity (Wildman–Crippen MR) is 58.9 cm³/mol. The Balaban J connectivity index is 0.000000325. The van der Waals surface area contributed by atoms with Gasteiger partial charge in [0, 0.05) is 6.54 Å². The number of para-hydroxylation sites is 1. The zero-order valence-corrected chi connectivity index (χ0v) is 8.83. The molecule has 0 saturated carbocycles. The molecule has 0 aliphatic rings. The van der Waals surface area contributed by atoms with Gasteiger partial charge in [-0.3, -0.25) is 0 Å². The highest BCUT2D eigenvalue weighted by molar-refractivity contribution is 6.27. The van der Waals surface area contributed by atoms with E-state index < -0.39 is 11.9 Å². The van der Waals surface area contributed by atoms with E-state index in [1.54, 1.807) is 5.01 Å². The van der Waals surface area contributed by atoms with Crippen LogP contribution in [0, 0.1) is 0 Å². The fourth-order valence-electron chi connectivity index (χ4n) is 0.802. The third-order valence-electron chi connectivity index (χ3n) is 1.61. The zero-order valence-electron chi connectivity index (χ0n) is 8.83. The second-order valence-electron chi connectivity index (χ2n) is 2.73. The Morgan fingerprint density at radius 1 is 1.19 bits per heavy atom. The van der Waals surface area contributed by atoms with Crippen LogP contribution in [-0.2, 0) is 9.59 Å². The lowest BCUT2D eigenvalue weighted by Gasteiger charge is -2.14. The van der Waals surface area contributed by atoms with Gasteiger partial charge in [-0.25, -0.2) is 15.4 Å². The van der Waals surface area contributed by atoms with Crippen molar-refractivity contribution >= 4 is 17.6 Å². The first kappa shape index (κ1) is 13.9. The Hall–Kier alpha value is -2.08. The first-order valence-electron chi connectivity index (χ1n) is 4.52. The lowest BCUT2D eigenvalue weighted by atomic mass is 10.3. The maximum absolute atomic E-state index is 9.10. The number of aliphatic carboxylic acids is 2. The number of carboxylic acids is 2. The van der Waals surface area contributed by atoms with Gasteiger partial charge in [0.05, 0.1) is 5.69 Å². The van der Waals surface area contributed by atoms with Gasteiger partial charge in [0.15, 0.2) is 0 Å². The lowest BCUT2D eigenvalue weighted by Crippen LogP contribution is -2.29. The van der Waals surface area contributed by atoms with Gasteiger partial charge >= 0.3 is 11.9 Å². The summed E-state index contributed by atoms with van der Waals surface area (Å²) < 4.78 is 0. The number of carbonyl (C=O) groups is 2. The molecule has 1 aromatic carbocycles. The quantitative estimate of drug-likeness (QED) is 0.386. The van der Waals surface area contributed by atoms with Gasteiger partial charge < -0.3 is 15.2 Å². The normalized spacial score (nSPS) is 8.62. The van der Waals surface area contributed by atoms with Crippen LogP contribution in [0.4, 0.5) is 5.69 Å². The van der Waals surface area contributed by atoms with Crippen molar-refractivity contribution in [2.45, 2.75) is 6.92 Å². The van der Waals surface area contributed by atoms with Gasteiger partial charge in [-0.05, 0) is 19.1 Å². The Labute approximate surface area is 92.9 Å². The molecular weight excluding hydrogens is 212 g/mol. The number of hydrazine groups is 1. The van der Waals surface area contributed by atoms with Crippen molar-refractivity contribution in [1.82, 2.24) is 0 Å². The SMILES string of the molecule is CCN(N)c1ccccc1.O=C(O)C(=O)O. The van der Waals surface area contributed by atoms with Crippen molar-refractivity contribution in [2.24, 2.45) is 5.84 Å². The Kier molecular flexibility index (Phi) is 6.30. The monoisotopic (exact) mass is 226 g/mol. The maximum Gasteiger partial charge on any atom is 0.414 e. The van der Waals surface area contributed by atoms with Gasteiger partial charge in [0.25, 0.3) is 0 Å². The van der Waals surface area contributed by atoms with Crippen LogP contribution in [0.25, 0.3) is 0 Å².